The lowest BCUT2D eigenvalue weighted by molar-refractivity contribution is -0.142. The summed E-state index contributed by atoms with van der Waals surface area (Å²) in [5, 5.41) is 23.4. The second-order valence-electron chi connectivity index (χ2n) is 9.23. The van der Waals surface area contributed by atoms with Crippen molar-refractivity contribution in [3.8, 4) is 0 Å². The van der Waals surface area contributed by atoms with Gasteiger partial charge in [0, 0.05) is 19.7 Å². The van der Waals surface area contributed by atoms with Crippen LogP contribution in [0.3, 0.4) is 0 Å². The Labute approximate surface area is 196 Å². The number of aliphatic hydroxyl groups is 1. The Morgan fingerprint density at radius 3 is 2.88 bits per heavy atom. The zero-order valence-electron chi connectivity index (χ0n) is 19.1. The molecule has 3 N–H and O–H groups in total. The lowest BCUT2D eigenvalue weighted by Crippen LogP contribution is -2.55. The summed E-state index contributed by atoms with van der Waals surface area (Å²) in [5.74, 6) is -2.11. The van der Waals surface area contributed by atoms with E-state index >= 15 is 0 Å². The molecule has 0 radical (unpaired) electrons. The van der Waals surface area contributed by atoms with Crippen LogP contribution in [-0.2, 0) is 25.8 Å². The van der Waals surface area contributed by atoms with Gasteiger partial charge in [0.1, 0.15) is 23.8 Å². The van der Waals surface area contributed by atoms with Crippen molar-refractivity contribution in [3.05, 3.63) is 24.3 Å². The summed E-state index contributed by atoms with van der Waals surface area (Å²) in [6.45, 7) is 2.69. The maximum Gasteiger partial charge on any atom is 0.247 e. The first-order chi connectivity index (χ1) is 16.5. The summed E-state index contributed by atoms with van der Waals surface area (Å²) in [7, 11) is 0. The first-order valence-corrected chi connectivity index (χ1v) is 11.9. The Morgan fingerprint density at radius 1 is 1.26 bits per heavy atom. The maximum absolute atomic E-state index is 13.6. The number of ether oxygens (including phenoxy) is 1. The molecule has 11 nitrogen and oxygen atoms in total. The smallest absolute Gasteiger partial charge is 0.247 e. The molecule has 182 valence electrons. The van der Waals surface area contributed by atoms with Gasteiger partial charge in [-0.15, -0.1) is 5.10 Å². The third-order valence-electron chi connectivity index (χ3n) is 7.28. The molecule has 11 heteroatoms. The Balaban J connectivity index is 1.41. The van der Waals surface area contributed by atoms with Crippen LogP contribution in [0, 0.1) is 11.8 Å². The van der Waals surface area contributed by atoms with Gasteiger partial charge in [0.2, 0.25) is 17.7 Å². The van der Waals surface area contributed by atoms with Crippen molar-refractivity contribution < 1.29 is 24.2 Å². The first-order valence-electron chi connectivity index (χ1n) is 11.9. The topological polar surface area (TPSA) is 139 Å². The zero-order valence-corrected chi connectivity index (χ0v) is 19.1. The Hall–Kier alpha value is -3.05. The van der Waals surface area contributed by atoms with E-state index in [1.165, 1.54) is 4.90 Å². The van der Waals surface area contributed by atoms with E-state index in [0.29, 0.717) is 25.8 Å². The number of aliphatic hydroxyl groups excluding tert-OH is 1. The molecule has 3 amide bonds. The molecule has 3 saturated heterocycles. The normalized spacial score (nSPS) is 29.6. The number of carbonyl (C=O) groups is 3. The van der Waals surface area contributed by atoms with Gasteiger partial charge in [-0.3, -0.25) is 14.4 Å². The van der Waals surface area contributed by atoms with E-state index in [1.807, 2.05) is 31.2 Å². The highest BCUT2D eigenvalue weighted by molar-refractivity contribution is 5.98. The van der Waals surface area contributed by atoms with Gasteiger partial charge < -0.3 is 25.4 Å². The molecule has 2 bridgehead atoms. The fourth-order valence-electron chi connectivity index (χ4n) is 5.88. The lowest BCUT2D eigenvalue weighted by atomic mass is 9.70. The second kappa shape index (κ2) is 8.95. The number of nitrogens with one attached hydrogen (secondary N) is 2. The maximum atomic E-state index is 13.6. The number of para-hydroxylation sites is 1. The van der Waals surface area contributed by atoms with Crippen LogP contribution in [0.1, 0.15) is 32.6 Å². The average Bonchev–Trinajstić information content (AvgIpc) is 3.59. The van der Waals surface area contributed by atoms with E-state index in [4.69, 9.17) is 4.74 Å². The molecule has 1 spiro atoms. The number of fused-ring (bicyclic) bond motifs is 2. The van der Waals surface area contributed by atoms with Gasteiger partial charge in [-0.05, 0) is 37.8 Å². The van der Waals surface area contributed by atoms with Gasteiger partial charge in [-0.25, -0.2) is 4.68 Å². The number of hydrogen-bond donors (Lipinski definition) is 3. The molecule has 2 unspecified atom stereocenters. The number of aromatic nitrogens is 3. The van der Waals surface area contributed by atoms with Crippen LogP contribution < -0.4 is 10.6 Å². The van der Waals surface area contributed by atoms with Crippen molar-refractivity contribution in [2.24, 2.45) is 11.8 Å². The molecule has 0 saturated carbocycles. The number of hydrogen-bond acceptors (Lipinski definition) is 7. The minimum Gasteiger partial charge on any atom is -0.396 e. The molecule has 1 aromatic heterocycles. The number of rotatable bonds is 9. The monoisotopic (exact) mass is 470 g/mol. The summed E-state index contributed by atoms with van der Waals surface area (Å²) in [6.07, 6.45) is 1.91. The molecule has 5 atom stereocenters. The molecule has 4 heterocycles. The number of amides is 3. The van der Waals surface area contributed by atoms with Gasteiger partial charge in [0.15, 0.2) is 0 Å². The third-order valence-corrected chi connectivity index (χ3v) is 7.28. The van der Waals surface area contributed by atoms with Crippen molar-refractivity contribution in [1.29, 1.82) is 0 Å². The van der Waals surface area contributed by atoms with Crippen LogP contribution in [0.4, 0.5) is 0 Å². The Morgan fingerprint density at radius 2 is 2.09 bits per heavy atom. The first kappa shape index (κ1) is 22.7. The third kappa shape index (κ3) is 3.45. The lowest BCUT2D eigenvalue weighted by Gasteiger charge is -2.33. The Bertz CT molecular complexity index is 1100. The Kier molecular flexibility index (Phi) is 5.98. The molecule has 34 heavy (non-hydrogen) atoms. The van der Waals surface area contributed by atoms with Gasteiger partial charge in [-0.1, -0.05) is 24.3 Å². The minimum absolute atomic E-state index is 0.0858. The van der Waals surface area contributed by atoms with E-state index < -0.39 is 23.5 Å². The molecular weight excluding hydrogens is 440 g/mol. The molecule has 1 aromatic carbocycles. The fraction of sp³-hybridized carbons (Fsp3) is 0.609. The number of nitrogens with zero attached hydrogens (tertiary/aromatic N) is 4. The van der Waals surface area contributed by atoms with E-state index in [-0.39, 0.29) is 43.6 Å². The number of carbonyl (C=O) groups excluding carboxylic acids is 3. The van der Waals surface area contributed by atoms with Gasteiger partial charge in [0.05, 0.1) is 23.5 Å². The van der Waals surface area contributed by atoms with Crippen LogP contribution in [0.25, 0.3) is 11.0 Å². The van der Waals surface area contributed by atoms with E-state index in [1.54, 1.807) is 4.68 Å². The number of likely N-dealkylation sites (tertiary alicyclic amines) is 1. The average molecular weight is 471 g/mol. The van der Waals surface area contributed by atoms with Crippen LogP contribution >= 0.6 is 0 Å². The molecule has 3 fully saturated rings. The van der Waals surface area contributed by atoms with Crippen LogP contribution in [0.5, 0.6) is 0 Å². The minimum atomic E-state index is -1.04. The van der Waals surface area contributed by atoms with E-state index in [0.717, 1.165) is 17.5 Å². The van der Waals surface area contributed by atoms with Crippen molar-refractivity contribution in [2.45, 2.75) is 57.0 Å². The molecule has 5 rings (SSSR count). The van der Waals surface area contributed by atoms with E-state index in [2.05, 4.69) is 20.9 Å². The second-order valence-corrected chi connectivity index (χ2v) is 9.23. The van der Waals surface area contributed by atoms with Crippen LogP contribution in [0.2, 0.25) is 0 Å². The highest BCUT2D eigenvalue weighted by atomic mass is 16.5. The molecular formula is C23H30N6O5. The highest BCUT2D eigenvalue weighted by Gasteiger charge is 2.74. The summed E-state index contributed by atoms with van der Waals surface area (Å²) in [5.41, 5.74) is 0.457. The van der Waals surface area contributed by atoms with Gasteiger partial charge in [-0.2, -0.15) is 0 Å². The van der Waals surface area contributed by atoms with Gasteiger partial charge >= 0.3 is 0 Å². The summed E-state index contributed by atoms with van der Waals surface area (Å²) < 4.78 is 7.93. The molecule has 3 aliphatic rings. The number of benzene rings is 1. The standard InChI is InChI=1S/C23H30N6O5/c1-2-10-24-20(31)17-16-8-9-23(34-16)18(17)22(33)28(11-5-12-30)19(23)21(32)25-13-29-15-7-4-3-6-14(15)26-27-29/h3-4,6-7,16-19,30H,2,5,8-13H2,1H3,(H,24,31)(H,25,32)/t16-,17+,18-,19?,23?/m0/s1. The zero-order chi connectivity index (χ0) is 23.9. The van der Waals surface area contributed by atoms with Crippen LogP contribution in [-0.4, -0.2) is 80.2 Å². The fourth-order valence-corrected chi connectivity index (χ4v) is 5.88. The van der Waals surface area contributed by atoms with Crippen molar-refractivity contribution in [3.63, 3.8) is 0 Å². The molecule has 2 aromatic rings. The van der Waals surface area contributed by atoms with Crippen molar-refractivity contribution >= 4 is 28.8 Å². The van der Waals surface area contributed by atoms with Crippen LogP contribution in [0.15, 0.2) is 24.3 Å². The van der Waals surface area contributed by atoms with E-state index in [9.17, 15) is 19.5 Å². The summed E-state index contributed by atoms with van der Waals surface area (Å²) >= 11 is 0. The van der Waals surface area contributed by atoms with Crippen molar-refractivity contribution in [2.75, 3.05) is 19.7 Å². The largest absolute Gasteiger partial charge is 0.396 e. The van der Waals surface area contributed by atoms with Gasteiger partial charge in [0.25, 0.3) is 0 Å². The molecule has 3 aliphatic heterocycles. The summed E-state index contributed by atoms with van der Waals surface area (Å²) in [6, 6.07) is 6.56. The predicted molar refractivity (Wildman–Crippen MR) is 120 cm³/mol. The molecule has 0 aliphatic carbocycles. The quantitative estimate of drug-likeness (QED) is 0.461. The van der Waals surface area contributed by atoms with Crippen molar-refractivity contribution in [1.82, 2.24) is 30.5 Å². The predicted octanol–water partition coefficient (Wildman–Crippen LogP) is -0.212. The highest BCUT2D eigenvalue weighted by Crippen LogP contribution is 2.58. The summed E-state index contributed by atoms with van der Waals surface area (Å²) in [4.78, 5) is 41.6. The SMILES string of the molecule is CCCNC(=O)[C@@H]1[C@@H]2CCC3(O2)C(C(=O)NCn2nnc4ccccc42)N(CCCO)C(=O)[C@H]13.